The predicted molar refractivity (Wildman–Crippen MR) is 109 cm³/mol. The summed E-state index contributed by atoms with van der Waals surface area (Å²) in [5, 5.41) is 5.69. The van der Waals surface area contributed by atoms with E-state index >= 15 is 0 Å². The Bertz CT molecular complexity index is 617. The minimum absolute atomic E-state index is 0.00191. The van der Waals surface area contributed by atoms with Crippen molar-refractivity contribution in [2.45, 2.75) is 99.9 Å². The molecule has 9 heteroatoms. The van der Waals surface area contributed by atoms with Crippen LogP contribution in [0.4, 0.5) is 17.6 Å². The molecule has 3 saturated carbocycles. The van der Waals surface area contributed by atoms with Crippen molar-refractivity contribution in [3.8, 4) is 0 Å². The van der Waals surface area contributed by atoms with E-state index in [1.54, 1.807) is 15.9 Å². The van der Waals surface area contributed by atoms with E-state index < -0.39 is 46.7 Å². The number of nitrogens with one attached hydrogen (secondary N) is 2. The number of halogens is 5. The second kappa shape index (κ2) is 9.74. The number of carbonyl (C=O) groups is 2. The van der Waals surface area contributed by atoms with E-state index in [1.807, 2.05) is 0 Å². The number of carbonyl (C=O) groups excluding carboxylic acids is 2. The maximum atomic E-state index is 14.6. The highest BCUT2D eigenvalue weighted by molar-refractivity contribution is 9.10. The monoisotopic (exact) mass is 498 g/mol. The molecule has 172 valence electrons. The number of rotatable bonds is 6. The second-order valence-electron chi connectivity index (χ2n) is 9.19. The lowest BCUT2D eigenvalue weighted by atomic mass is 9.88. The molecule has 0 aliphatic heterocycles. The van der Waals surface area contributed by atoms with Crippen molar-refractivity contribution in [2.75, 3.05) is 0 Å². The molecule has 2 amide bonds. The van der Waals surface area contributed by atoms with E-state index in [-0.39, 0.29) is 18.5 Å². The minimum Gasteiger partial charge on any atom is -0.353 e. The Balaban J connectivity index is 1.71. The van der Waals surface area contributed by atoms with Gasteiger partial charge in [0.25, 0.3) is 0 Å². The summed E-state index contributed by atoms with van der Waals surface area (Å²) in [7, 11) is 0. The molecule has 30 heavy (non-hydrogen) atoms. The van der Waals surface area contributed by atoms with Crippen LogP contribution in [-0.2, 0) is 9.59 Å². The highest BCUT2D eigenvalue weighted by atomic mass is 79.9. The average molecular weight is 499 g/mol. The standard InChI is InChI=1S/C21H31BrF4N2O2/c22-21(25,26)20(23,24)17-12-13(18(29)27-14-7-3-1-4-8-14)11-16(17)19(30)28-15-9-5-2-6-10-15/h13-17H,1-12H2,(H,27,29)(H,28,30)/t13-,16+,17?/m1/s1. The van der Waals surface area contributed by atoms with Gasteiger partial charge in [-0.3, -0.25) is 9.59 Å². The molecule has 4 nitrogen and oxygen atoms in total. The van der Waals surface area contributed by atoms with Crippen LogP contribution in [0.25, 0.3) is 0 Å². The predicted octanol–water partition coefficient (Wildman–Crippen LogP) is 5.15. The zero-order chi connectivity index (χ0) is 21.9. The van der Waals surface area contributed by atoms with Crippen molar-refractivity contribution in [1.82, 2.24) is 10.6 Å². The van der Waals surface area contributed by atoms with Gasteiger partial charge in [0, 0.05) is 29.8 Å². The fourth-order valence-corrected chi connectivity index (χ4v) is 5.57. The number of amides is 2. The Morgan fingerprint density at radius 2 is 1.20 bits per heavy atom. The SMILES string of the molecule is O=C(NC1CCCCC1)[C@H]1CC(C(F)(F)C(F)(F)Br)[C@@H](C(=O)NC2CCCCC2)C1. The van der Waals surface area contributed by atoms with Crippen molar-refractivity contribution >= 4 is 27.7 Å². The first-order valence-corrected chi connectivity index (χ1v) is 11.9. The van der Waals surface area contributed by atoms with Gasteiger partial charge in [0.1, 0.15) is 0 Å². The molecular formula is C21H31BrF4N2O2. The molecule has 2 N–H and O–H groups in total. The molecule has 3 aliphatic rings. The summed E-state index contributed by atoms with van der Waals surface area (Å²) < 4.78 is 56.6. The summed E-state index contributed by atoms with van der Waals surface area (Å²) in [5.74, 6) is -9.52. The van der Waals surface area contributed by atoms with Crippen molar-refractivity contribution in [3.05, 3.63) is 0 Å². The van der Waals surface area contributed by atoms with E-state index in [0.717, 1.165) is 64.2 Å². The van der Waals surface area contributed by atoms with Gasteiger partial charge in [0.2, 0.25) is 11.8 Å². The van der Waals surface area contributed by atoms with Crippen molar-refractivity contribution in [3.63, 3.8) is 0 Å². The van der Waals surface area contributed by atoms with E-state index in [0.29, 0.717) is 0 Å². The fraction of sp³-hybridized carbons (Fsp3) is 0.905. The third kappa shape index (κ3) is 5.49. The van der Waals surface area contributed by atoms with Crippen LogP contribution in [0.2, 0.25) is 0 Å². The van der Waals surface area contributed by atoms with E-state index in [2.05, 4.69) is 10.6 Å². The molecule has 0 spiro atoms. The third-order valence-electron chi connectivity index (χ3n) is 7.02. The minimum atomic E-state index is -4.44. The van der Waals surface area contributed by atoms with Crippen molar-refractivity contribution in [1.29, 1.82) is 0 Å². The molecule has 1 unspecified atom stereocenters. The van der Waals surface area contributed by atoms with E-state index in [9.17, 15) is 27.2 Å². The molecule has 3 aliphatic carbocycles. The summed E-state index contributed by atoms with van der Waals surface area (Å²) in [5.41, 5.74) is 0. The molecule has 0 saturated heterocycles. The summed E-state index contributed by atoms with van der Waals surface area (Å²) in [6.07, 6.45) is 8.71. The summed E-state index contributed by atoms with van der Waals surface area (Å²) in [6.45, 7) is 0. The van der Waals surface area contributed by atoms with Crippen molar-refractivity contribution < 1.29 is 27.2 Å². The molecule has 3 fully saturated rings. The molecule has 3 atom stereocenters. The zero-order valence-electron chi connectivity index (χ0n) is 17.1. The van der Waals surface area contributed by atoms with Gasteiger partial charge in [0.15, 0.2) is 0 Å². The van der Waals surface area contributed by atoms with Crippen LogP contribution in [0, 0.1) is 17.8 Å². The molecule has 0 bridgehead atoms. The number of alkyl halides is 5. The van der Waals surface area contributed by atoms with Crippen LogP contribution < -0.4 is 10.6 Å². The molecule has 0 aromatic rings. The van der Waals surface area contributed by atoms with Gasteiger partial charge in [-0.25, -0.2) is 0 Å². The van der Waals surface area contributed by atoms with Crippen LogP contribution >= 0.6 is 15.9 Å². The van der Waals surface area contributed by atoms with Crippen LogP contribution in [0.3, 0.4) is 0 Å². The third-order valence-corrected chi connectivity index (χ3v) is 7.55. The summed E-state index contributed by atoms with van der Waals surface area (Å²) in [6, 6.07) is -0.113. The maximum Gasteiger partial charge on any atom is 0.363 e. The number of hydrogen-bond donors (Lipinski definition) is 2. The first-order chi connectivity index (χ1) is 14.1. The Hall–Kier alpha value is -0.860. The fourth-order valence-electron chi connectivity index (χ4n) is 5.27. The first-order valence-electron chi connectivity index (χ1n) is 11.1. The van der Waals surface area contributed by atoms with Gasteiger partial charge in [-0.2, -0.15) is 17.6 Å². The lowest BCUT2D eigenvalue weighted by molar-refractivity contribution is -0.191. The second-order valence-corrected chi connectivity index (χ2v) is 10.2. The normalized spacial score (nSPS) is 29.6. The van der Waals surface area contributed by atoms with Crippen molar-refractivity contribution in [2.24, 2.45) is 17.8 Å². The molecule has 0 heterocycles. The lowest BCUT2D eigenvalue weighted by Crippen LogP contribution is -2.49. The molecule has 3 rings (SSSR count). The molecule has 0 aromatic heterocycles. The van der Waals surface area contributed by atoms with Gasteiger partial charge < -0.3 is 10.6 Å². The van der Waals surface area contributed by atoms with Crippen LogP contribution in [0.15, 0.2) is 0 Å². The summed E-state index contributed by atoms with van der Waals surface area (Å²) in [4.78, 5) is 21.1. The smallest absolute Gasteiger partial charge is 0.353 e. The first kappa shape index (κ1) is 23.8. The topological polar surface area (TPSA) is 58.2 Å². The van der Waals surface area contributed by atoms with Gasteiger partial charge >= 0.3 is 10.8 Å². The average Bonchev–Trinajstić information content (AvgIpc) is 3.15. The van der Waals surface area contributed by atoms with E-state index in [4.69, 9.17) is 0 Å². The van der Waals surface area contributed by atoms with Crippen LogP contribution in [0.1, 0.15) is 77.0 Å². The number of hydrogen-bond acceptors (Lipinski definition) is 2. The molecule has 0 radical (unpaired) electrons. The maximum absolute atomic E-state index is 14.6. The van der Waals surface area contributed by atoms with Crippen LogP contribution in [-0.4, -0.2) is 34.7 Å². The zero-order valence-corrected chi connectivity index (χ0v) is 18.7. The van der Waals surface area contributed by atoms with E-state index in [1.165, 1.54) is 0 Å². The molecule has 0 aromatic carbocycles. The van der Waals surface area contributed by atoms with Crippen LogP contribution in [0.5, 0.6) is 0 Å². The van der Waals surface area contributed by atoms with Gasteiger partial charge in [0.05, 0.1) is 0 Å². The highest BCUT2D eigenvalue weighted by Crippen LogP contribution is 2.53. The molecular weight excluding hydrogens is 468 g/mol. The van der Waals surface area contributed by atoms with Gasteiger partial charge in [-0.15, -0.1) is 0 Å². The Kier molecular flexibility index (Phi) is 7.72. The Morgan fingerprint density at radius 1 is 0.733 bits per heavy atom. The Labute approximate surface area is 183 Å². The quantitative estimate of drug-likeness (QED) is 0.393. The Morgan fingerprint density at radius 3 is 1.67 bits per heavy atom. The highest BCUT2D eigenvalue weighted by Gasteiger charge is 2.64. The van der Waals surface area contributed by atoms with Gasteiger partial charge in [-0.05, 0) is 54.5 Å². The summed E-state index contributed by atoms with van der Waals surface area (Å²) >= 11 is 1.81. The van der Waals surface area contributed by atoms with Gasteiger partial charge in [-0.1, -0.05) is 38.5 Å². The largest absolute Gasteiger partial charge is 0.363 e. The lowest BCUT2D eigenvalue weighted by Gasteiger charge is -2.32.